The van der Waals surface area contributed by atoms with Gasteiger partial charge in [-0.05, 0) is 18.9 Å². The van der Waals surface area contributed by atoms with Gasteiger partial charge < -0.3 is 10.6 Å². The molecule has 2 heterocycles. The Kier molecular flexibility index (Phi) is 3.66. The molecule has 1 aliphatic carbocycles. The second-order valence-corrected chi connectivity index (χ2v) is 5.66. The molecule has 5 nitrogen and oxygen atoms in total. The van der Waals surface area contributed by atoms with Crippen LogP contribution in [0.25, 0.3) is 0 Å². The molecule has 2 fully saturated rings. The first-order valence-electron chi connectivity index (χ1n) is 7.31. The van der Waals surface area contributed by atoms with Gasteiger partial charge in [-0.1, -0.05) is 12.8 Å². The highest BCUT2D eigenvalue weighted by molar-refractivity contribution is 5.29. The van der Waals surface area contributed by atoms with Crippen LogP contribution in [0.15, 0.2) is 18.5 Å². The van der Waals surface area contributed by atoms with Gasteiger partial charge in [0.1, 0.15) is 0 Å². The second kappa shape index (κ2) is 5.43. The normalized spacial score (nSPS) is 23.7. The van der Waals surface area contributed by atoms with Gasteiger partial charge in [-0.3, -0.25) is 4.90 Å². The maximum atomic E-state index is 6.07. The van der Waals surface area contributed by atoms with Crippen molar-refractivity contribution in [2.45, 2.75) is 31.2 Å². The van der Waals surface area contributed by atoms with Crippen LogP contribution in [-0.2, 0) is 0 Å². The summed E-state index contributed by atoms with van der Waals surface area (Å²) in [7, 11) is 0. The molecule has 0 aromatic carbocycles. The van der Waals surface area contributed by atoms with Gasteiger partial charge in [-0.25, -0.2) is 9.97 Å². The van der Waals surface area contributed by atoms with E-state index in [1.54, 1.807) is 0 Å². The number of hydrogen-bond acceptors (Lipinski definition) is 5. The maximum Gasteiger partial charge on any atom is 0.225 e. The van der Waals surface area contributed by atoms with E-state index in [1.807, 2.05) is 18.5 Å². The first kappa shape index (κ1) is 12.8. The van der Waals surface area contributed by atoms with Gasteiger partial charge in [-0.15, -0.1) is 0 Å². The van der Waals surface area contributed by atoms with E-state index in [0.717, 1.165) is 38.7 Å². The van der Waals surface area contributed by atoms with Crippen molar-refractivity contribution in [1.29, 1.82) is 0 Å². The van der Waals surface area contributed by atoms with E-state index in [2.05, 4.69) is 19.8 Å². The fourth-order valence-corrected chi connectivity index (χ4v) is 3.52. The van der Waals surface area contributed by atoms with E-state index >= 15 is 0 Å². The molecule has 2 N–H and O–H groups in total. The Bertz CT molecular complexity index is 394. The fourth-order valence-electron chi connectivity index (χ4n) is 3.52. The number of hydrogen-bond donors (Lipinski definition) is 1. The Morgan fingerprint density at radius 3 is 2.26 bits per heavy atom. The molecule has 1 aromatic rings. The molecule has 0 amide bonds. The summed E-state index contributed by atoms with van der Waals surface area (Å²) in [5.74, 6) is 0.857. The van der Waals surface area contributed by atoms with Gasteiger partial charge in [0.15, 0.2) is 0 Å². The number of anilines is 1. The SMILES string of the molecule is NCC1(N2CCN(c3ncccn3)CC2)CCCC1. The van der Waals surface area contributed by atoms with E-state index in [1.165, 1.54) is 25.7 Å². The molecule has 0 unspecified atom stereocenters. The van der Waals surface area contributed by atoms with Gasteiger partial charge in [0.25, 0.3) is 0 Å². The molecule has 19 heavy (non-hydrogen) atoms. The lowest BCUT2D eigenvalue weighted by Crippen LogP contribution is -2.59. The summed E-state index contributed by atoms with van der Waals surface area (Å²) >= 11 is 0. The van der Waals surface area contributed by atoms with Crippen LogP contribution in [0.1, 0.15) is 25.7 Å². The quantitative estimate of drug-likeness (QED) is 0.875. The Morgan fingerprint density at radius 1 is 1.05 bits per heavy atom. The van der Waals surface area contributed by atoms with Gasteiger partial charge in [0, 0.05) is 50.7 Å². The topological polar surface area (TPSA) is 58.3 Å². The Morgan fingerprint density at radius 2 is 1.68 bits per heavy atom. The van der Waals surface area contributed by atoms with Crippen molar-refractivity contribution in [3.8, 4) is 0 Å². The highest BCUT2D eigenvalue weighted by Gasteiger charge is 2.39. The third-order valence-corrected chi connectivity index (χ3v) is 4.70. The minimum Gasteiger partial charge on any atom is -0.338 e. The van der Waals surface area contributed by atoms with Crippen LogP contribution in [0.3, 0.4) is 0 Å². The standard InChI is InChI=1S/C14H23N5/c15-12-14(4-1-2-5-14)19-10-8-18(9-11-19)13-16-6-3-7-17-13/h3,6-7H,1-2,4-5,8-12,15H2. The van der Waals surface area contributed by atoms with Crippen molar-refractivity contribution in [2.24, 2.45) is 5.73 Å². The van der Waals surface area contributed by atoms with Crippen molar-refractivity contribution in [2.75, 3.05) is 37.6 Å². The molecule has 0 spiro atoms. The molecule has 0 bridgehead atoms. The van der Waals surface area contributed by atoms with Crippen molar-refractivity contribution in [3.63, 3.8) is 0 Å². The van der Waals surface area contributed by atoms with E-state index in [0.29, 0.717) is 0 Å². The Balaban J connectivity index is 1.63. The lowest BCUT2D eigenvalue weighted by molar-refractivity contribution is 0.0917. The molecule has 1 saturated carbocycles. The van der Waals surface area contributed by atoms with E-state index in [-0.39, 0.29) is 5.54 Å². The highest BCUT2D eigenvalue weighted by Crippen LogP contribution is 2.35. The van der Waals surface area contributed by atoms with Crippen molar-refractivity contribution in [3.05, 3.63) is 18.5 Å². The molecular formula is C14H23N5. The largest absolute Gasteiger partial charge is 0.338 e. The molecule has 3 rings (SSSR count). The van der Waals surface area contributed by atoms with Crippen LogP contribution in [0, 0.1) is 0 Å². The molecule has 1 aromatic heterocycles. The van der Waals surface area contributed by atoms with Gasteiger partial charge in [0.05, 0.1) is 0 Å². The highest BCUT2D eigenvalue weighted by atomic mass is 15.3. The summed E-state index contributed by atoms with van der Waals surface area (Å²) in [4.78, 5) is 13.6. The van der Waals surface area contributed by atoms with Crippen LogP contribution >= 0.6 is 0 Å². The zero-order valence-electron chi connectivity index (χ0n) is 11.5. The van der Waals surface area contributed by atoms with E-state index in [9.17, 15) is 0 Å². The van der Waals surface area contributed by atoms with E-state index in [4.69, 9.17) is 5.73 Å². The first-order chi connectivity index (χ1) is 9.34. The summed E-state index contributed by atoms with van der Waals surface area (Å²) in [6.45, 7) is 4.97. The summed E-state index contributed by atoms with van der Waals surface area (Å²) in [5.41, 5.74) is 6.35. The zero-order chi connectivity index (χ0) is 13.1. The predicted molar refractivity (Wildman–Crippen MR) is 76.1 cm³/mol. The lowest BCUT2D eigenvalue weighted by atomic mass is 9.94. The third kappa shape index (κ3) is 2.44. The lowest BCUT2D eigenvalue weighted by Gasteiger charge is -2.45. The molecule has 0 atom stereocenters. The monoisotopic (exact) mass is 261 g/mol. The Hall–Kier alpha value is -1.20. The van der Waals surface area contributed by atoms with Gasteiger partial charge in [-0.2, -0.15) is 0 Å². The summed E-state index contributed by atoms with van der Waals surface area (Å²) in [6.07, 6.45) is 8.83. The number of rotatable bonds is 3. The smallest absolute Gasteiger partial charge is 0.225 e. The molecule has 5 heteroatoms. The number of nitrogens with zero attached hydrogens (tertiary/aromatic N) is 4. The number of nitrogens with two attached hydrogens (primary N) is 1. The van der Waals surface area contributed by atoms with Crippen LogP contribution in [0.2, 0.25) is 0 Å². The average molecular weight is 261 g/mol. The molecule has 0 radical (unpaired) electrons. The van der Waals surface area contributed by atoms with E-state index < -0.39 is 0 Å². The molecule has 1 saturated heterocycles. The fraction of sp³-hybridized carbons (Fsp3) is 0.714. The third-order valence-electron chi connectivity index (χ3n) is 4.70. The summed E-state index contributed by atoms with van der Waals surface area (Å²) in [6, 6.07) is 1.86. The van der Waals surface area contributed by atoms with Crippen LogP contribution in [-0.4, -0.2) is 53.1 Å². The Labute approximate surface area is 114 Å². The minimum atomic E-state index is 0.281. The molecule has 104 valence electrons. The number of aromatic nitrogens is 2. The second-order valence-electron chi connectivity index (χ2n) is 5.66. The van der Waals surface area contributed by atoms with Crippen molar-refractivity contribution < 1.29 is 0 Å². The average Bonchev–Trinajstić information content (AvgIpc) is 2.98. The molecular weight excluding hydrogens is 238 g/mol. The van der Waals surface area contributed by atoms with Crippen LogP contribution in [0.5, 0.6) is 0 Å². The molecule has 2 aliphatic rings. The van der Waals surface area contributed by atoms with Crippen LogP contribution in [0.4, 0.5) is 5.95 Å². The molecule has 1 aliphatic heterocycles. The van der Waals surface area contributed by atoms with Crippen LogP contribution < -0.4 is 10.6 Å². The first-order valence-corrected chi connectivity index (χ1v) is 7.31. The maximum absolute atomic E-state index is 6.07. The predicted octanol–water partition coefficient (Wildman–Crippen LogP) is 0.870. The summed E-state index contributed by atoms with van der Waals surface area (Å²) in [5, 5.41) is 0. The zero-order valence-corrected chi connectivity index (χ0v) is 11.5. The number of piperazine rings is 1. The van der Waals surface area contributed by atoms with Crippen molar-refractivity contribution >= 4 is 5.95 Å². The minimum absolute atomic E-state index is 0.281. The summed E-state index contributed by atoms with van der Waals surface area (Å²) < 4.78 is 0. The van der Waals surface area contributed by atoms with Gasteiger partial charge in [0.2, 0.25) is 5.95 Å². The van der Waals surface area contributed by atoms with Gasteiger partial charge >= 0.3 is 0 Å². The van der Waals surface area contributed by atoms with Crippen molar-refractivity contribution in [1.82, 2.24) is 14.9 Å².